The van der Waals surface area contributed by atoms with Gasteiger partial charge in [0.2, 0.25) is 0 Å². The number of fused-ring (bicyclic) bond motifs is 4. The van der Waals surface area contributed by atoms with Gasteiger partial charge in [-0.15, -0.1) is 0 Å². The normalized spacial score (nSPS) is 16.0. The van der Waals surface area contributed by atoms with E-state index >= 15 is 0 Å². The van der Waals surface area contributed by atoms with Crippen LogP contribution in [-0.4, -0.2) is 16.1 Å². The maximum atomic E-state index is 6.10. The quantitative estimate of drug-likeness (QED) is 0.415. The summed E-state index contributed by atoms with van der Waals surface area (Å²) in [5.74, 6) is 0.915. The standard InChI is InChI=1S/C27H25N3O/c1-30-16-23(20-9-5-6-10-25(20)30)26-27-21(13-14-28-26)22-15-19(11-12-24(22)29-27)31-17-18-7-3-2-4-8-18/h2-12,15-16,26,28-29H,13-14,17H2,1H3. The lowest BCUT2D eigenvalue weighted by molar-refractivity contribution is 0.306. The van der Waals surface area contributed by atoms with Gasteiger partial charge in [0.1, 0.15) is 12.4 Å². The molecule has 0 bridgehead atoms. The van der Waals surface area contributed by atoms with Crippen molar-refractivity contribution in [3.63, 3.8) is 0 Å². The summed E-state index contributed by atoms with van der Waals surface area (Å²) in [5, 5.41) is 6.32. The Balaban J connectivity index is 1.38. The van der Waals surface area contributed by atoms with Gasteiger partial charge in [-0.05, 0) is 41.8 Å². The fourth-order valence-electron chi connectivity index (χ4n) is 4.91. The van der Waals surface area contributed by atoms with Crippen molar-refractivity contribution in [2.45, 2.75) is 19.1 Å². The first-order valence-electron chi connectivity index (χ1n) is 10.9. The minimum absolute atomic E-state index is 0.163. The number of rotatable bonds is 4. The third-order valence-corrected chi connectivity index (χ3v) is 6.41. The van der Waals surface area contributed by atoms with E-state index in [0.717, 1.165) is 18.7 Å². The van der Waals surface area contributed by atoms with E-state index in [9.17, 15) is 0 Å². The number of nitrogens with zero attached hydrogens (tertiary/aromatic N) is 1. The number of nitrogens with one attached hydrogen (secondary N) is 2. The first kappa shape index (κ1) is 18.3. The molecule has 0 saturated carbocycles. The molecular formula is C27H25N3O. The molecule has 3 aromatic carbocycles. The first-order valence-corrected chi connectivity index (χ1v) is 10.9. The number of benzene rings is 3. The van der Waals surface area contributed by atoms with Crippen LogP contribution in [0.5, 0.6) is 5.75 Å². The summed E-state index contributed by atoms with van der Waals surface area (Å²) in [4.78, 5) is 3.71. The molecule has 2 aromatic heterocycles. The molecule has 154 valence electrons. The molecular weight excluding hydrogens is 382 g/mol. The van der Waals surface area contributed by atoms with Gasteiger partial charge in [-0.1, -0.05) is 48.5 Å². The molecule has 31 heavy (non-hydrogen) atoms. The van der Waals surface area contributed by atoms with Gasteiger partial charge in [0, 0.05) is 52.9 Å². The Morgan fingerprint density at radius 3 is 2.71 bits per heavy atom. The predicted octanol–water partition coefficient (Wildman–Crippen LogP) is 5.47. The molecule has 0 saturated heterocycles. The summed E-state index contributed by atoms with van der Waals surface area (Å²) in [7, 11) is 2.12. The van der Waals surface area contributed by atoms with Crippen LogP contribution in [0, 0.1) is 0 Å². The zero-order valence-electron chi connectivity index (χ0n) is 17.6. The Kier molecular flexibility index (Phi) is 4.32. The number of ether oxygens (including phenoxy) is 1. The highest BCUT2D eigenvalue weighted by Gasteiger charge is 2.27. The van der Waals surface area contributed by atoms with Gasteiger partial charge in [-0.2, -0.15) is 0 Å². The van der Waals surface area contributed by atoms with E-state index in [-0.39, 0.29) is 6.04 Å². The lowest BCUT2D eigenvalue weighted by Gasteiger charge is -2.24. The van der Waals surface area contributed by atoms with Crippen molar-refractivity contribution in [3.8, 4) is 5.75 Å². The van der Waals surface area contributed by atoms with Crippen molar-refractivity contribution < 1.29 is 4.74 Å². The van der Waals surface area contributed by atoms with Gasteiger partial charge >= 0.3 is 0 Å². The van der Waals surface area contributed by atoms with Crippen LogP contribution in [0.3, 0.4) is 0 Å². The number of aryl methyl sites for hydroxylation is 1. The number of H-pyrrole nitrogens is 1. The van der Waals surface area contributed by atoms with Crippen molar-refractivity contribution in [3.05, 3.63) is 101 Å². The number of hydrogen-bond acceptors (Lipinski definition) is 2. The highest BCUT2D eigenvalue weighted by Crippen LogP contribution is 2.37. The maximum Gasteiger partial charge on any atom is 0.120 e. The molecule has 5 aromatic rings. The molecule has 1 atom stereocenters. The average molecular weight is 408 g/mol. The minimum atomic E-state index is 0.163. The third kappa shape index (κ3) is 3.11. The van der Waals surface area contributed by atoms with E-state index in [0.29, 0.717) is 6.61 Å². The number of para-hydroxylation sites is 1. The van der Waals surface area contributed by atoms with Gasteiger partial charge in [0.15, 0.2) is 0 Å². The molecule has 1 unspecified atom stereocenters. The summed E-state index contributed by atoms with van der Waals surface area (Å²) in [6.07, 6.45) is 3.27. The summed E-state index contributed by atoms with van der Waals surface area (Å²) >= 11 is 0. The Hall–Kier alpha value is -3.50. The molecule has 4 heteroatoms. The topological polar surface area (TPSA) is 42.0 Å². The Morgan fingerprint density at radius 2 is 1.81 bits per heavy atom. The lowest BCUT2D eigenvalue weighted by Crippen LogP contribution is -2.30. The van der Waals surface area contributed by atoms with Crippen molar-refractivity contribution >= 4 is 21.8 Å². The van der Waals surface area contributed by atoms with Crippen LogP contribution >= 0.6 is 0 Å². The van der Waals surface area contributed by atoms with Gasteiger partial charge in [0.25, 0.3) is 0 Å². The van der Waals surface area contributed by atoms with Crippen LogP contribution in [-0.2, 0) is 20.1 Å². The Bertz CT molecular complexity index is 1380. The zero-order chi connectivity index (χ0) is 20.8. The molecule has 0 spiro atoms. The van der Waals surface area contributed by atoms with Crippen LogP contribution in [0.4, 0.5) is 0 Å². The molecule has 4 nitrogen and oxygen atoms in total. The SMILES string of the molecule is Cn1cc(C2NCCc3c2[nH]c2ccc(OCc4ccccc4)cc32)c2ccccc21. The first-order chi connectivity index (χ1) is 15.3. The molecule has 1 aliphatic rings. The van der Waals surface area contributed by atoms with Gasteiger partial charge in [0.05, 0.1) is 6.04 Å². The number of aromatic amines is 1. The van der Waals surface area contributed by atoms with Crippen LogP contribution in [0.25, 0.3) is 21.8 Å². The van der Waals surface area contributed by atoms with E-state index in [4.69, 9.17) is 4.74 Å². The fraction of sp³-hybridized carbons (Fsp3) is 0.185. The molecule has 0 aliphatic carbocycles. The maximum absolute atomic E-state index is 6.10. The zero-order valence-corrected chi connectivity index (χ0v) is 17.6. The monoisotopic (exact) mass is 407 g/mol. The van der Waals surface area contributed by atoms with E-state index in [1.165, 1.54) is 44.2 Å². The van der Waals surface area contributed by atoms with Crippen LogP contribution in [0.2, 0.25) is 0 Å². The predicted molar refractivity (Wildman–Crippen MR) is 126 cm³/mol. The average Bonchev–Trinajstić information content (AvgIpc) is 3.36. The second kappa shape index (κ2) is 7.33. The van der Waals surface area contributed by atoms with Gasteiger partial charge in [-0.3, -0.25) is 0 Å². The van der Waals surface area contributed by atoms with Gasteiger partial charge < -0.3 is 19.6 Å². The highest BCUT2D eigenvalue weighted by molar-refractivity contribution is 5.88. The van der Waals surface area contributed by atoms with Gasteiger partial charge in [-0.25, -0.2) is 0 Å². The lowest BCUT2D eigenvalue weighted by atomic mass is 9.94. The minimum Gasteiger partial charge on any atom is -0.489 e. The molecule has 3 heterocycles. The summed E-state index contributed by atoms with van der Waals surface area (Å²) < 4.78 is 8.32. The van der Waals surface area contributed by atoms with Crippen molar-refractivity contribution in [2.75, 3.05) is 6.54 Å². The third-order valence-electron chi connectivity index (χ3n) is 6.41. The van der Waals surface area contributed by atoms with Crippen LogP contribution < -0.4 is 10.1 Å². The highest BCUT2D eigenvalue weighted by atomic mass is 16.5. The van der Waals surface area contributed by atoms with Crippen LogP contribution in [0.15, 0.2) is 79.0 Å². The van der Waals surface area contributed by atoms with Crippen LogP contribution in [0.1, 0.15) is 28.4 Å². The van der Waals surface area contributed by atoms with E-state index in [1.54, 1.807) is 0 Å². The summed E-state index contributed by atoms with van der Waals surface area (Å²) in [5.41, 5.74) is 7.62. The van der Waals surface area contributed by atoms with E-state index in [2.05, 4.69) is 82.7 Å². The number of aromatic nitrogens is 2. The number of hydrogen-bond donors (Lipinski definition) is 2. The van der Waals surface area contributed by atoms with Crippen molar-refractivity contribution in [2.24, 2.45) is 7.05 Å². The Labute approximate surface area is 181 Å². The largest absolute Gasteiger partial charge is 0.489 e. The molecule has 1 aliphatic heterocycles. The van der Waals surface area contributed by atoms with Crippen molar-refractivity contribution in [1.82, 2.24) is 14.9 Å². The summed E-state index contributed by atoms with van der Waals surface area (Å²) in [6, 6.07) is 25.5. The molecule has 0 fully saturated rings. The molecule has 0 radical (unpaired) electrons. The van der Waals surface area contributed by atoms with E-state index < -0.39 is 0 Å². The molecule has 6 rings (SSSR count). The van der Waals surface area contributed by atoms with E-state index in [1.807, 2.05) is 18.2 Å². The van der Waals surface area contributed by atoms with Crippen molar-refractivity contribution in [1.29, 1.82) is 0 Å². The fourth-order valence-corrected chi connectivity index (χ4v) is 4.91. The molecule has 2 N–H and O–H groups in total. The summed E-state index contributed by atoms with van der Waals surface area (Å²) in [6.45, 7) is 1.54. The smallest absolute Gasteiger partial charge is 0.120 e. The second-order valence-corrected chi connectivity index (χ2v) is 8.35. The second-order valence-electron chi connectivity index (χ2n) is 8.35. The Morgan fingerprint density at radius 1 is 0.968 bits per heavy atom. The molecule has 0 amide bonds.